The summed E-state index contributed by atoms with van der Waals surface area (Å²) in [4.78, 5) is 11.4. The number of rotatable bonds is 14. The van der Waals surface area contributed by atoms with Gasteiger partial charge >= 0.3 is 0 Å². The lowest BCUT2D eigenvalue weighted by Crippen LogP contribution is -2.26. The SMILES string of the molecule is CCCCCC(CCC(C)(C)CC(C)CCC)Oc1ccccc1C(=O)[O-]. The van der Waals surface area contributed by atoms with E-state index in [1.807, 2.05) is 6.07 Å². The zero-order valence-electron chi connectivity index (χ0n) is 18.1. The van der Waals surface area contributed by atoms with Gasteiger partial charge in [0.2, 0.25) is 0 Å². The van der Waals surface area contributed by atoms with E-state index in [2.05, 4.69) is 34.6 Å². The molecule has 154 valence electrons. The lowest BCUT2D eigenvalue weighted by molar-refractivity contribution is -0.255. The molecular formula is C24H39O3-. The van der Waals surface area contributed by atoms with E-state index in [0.29, 0.717) is 5.75 Å². The number of hydrogen-bond donors (Lipinski definition) is 0. The highest BCUT2D eigenvalue weighted by atomic mass is 16.5. The molecule has 0 amide bonds. The first-order valence-corrected chi connectivity index (χ1v) is 10.8. The topological polar surface area (TPSA) is 49.4 Å². The van der Waals surface area contributed by atoms with E-state index in [1.165, 1.54) is 32.1 Å². The predicted octanol–water partition coefficient (Wildman–Crippen LogP) is 6.01. The average molecular weight is 376 g/mol. The monoisotopic (exact) mass is 375 g/mol. The molecule has 27 heavy (non-hydrogen) atoms. The Morgan fingerprint density at radius 2 is 1.78 bits per heavy atom. The highest BCUT2D eigenvalue weighted by Gasteiger charge is 2.23. The molecule has 1 aromatic carbocycles. The van der Waals surface area contributed by atoms with Crippen molar-refractivity contribution in [3.8, 4) is 5.75 Å². The molecule has 2 unspecified atom stereocenters. The normalized spacial score (nSPS) is 14.0. The summed E-state index contributed by atoms with van der Waals surface area (Å²) in [5, 5.41) is 11.4. The predicted molar refractivity (Wildman–Crippen MR) is 111 cm³/mol. The van der Waals surface area contributed by atoms with Crippen LogP contribution in [0.2, 0.25) is 0 Å². The summed E-state index contributed by atoms with van der Waals surface area (Å²) in [5.41, 5.74) is 0.420. The van der Waals surface area contributed by atoms with Gasteiger partial charge in [0.05, 0.1) is 12.1 Å². The number of benzene rings is 1. The molecule has 0 spiro atoms. The van der Waals surface area contributed by atoms with Crippen LogP contribution in [0.1, 0.15) is 103 Å². The molecule has 0 saturated carbocycles. The molecule has 0 aliphatic heterocycles. The van der Waals surface area contributed by atoms with Crippen LogP contribution in [0.15, 0.2) is 24.3 Å². The molecule has 1 aromatic rings. The minimum atomic E-state index is -1.17. The minimum Gasteiger partial charge on any atom is -0.545 e. The first-order valence-electron chi connectivity index (χ1n) is 10.8. The third kappa shape index (κ3) is 9.30. The molecule has 0 heterocycles. The van der Waals surface area contributed by atoms with E-state index >= 15 is 0 Å². The van der Waals surface area contributed by atoms with Crippen molar-refractivity contribution >= 4 is 5.97 Å². The summed E-state index contributed by atoms with van der Waals surface area (Å²) in [6.45, 7) is 11.5. The van der Waals surface area contributed by atoms with Crippen molar-refractivity contribution in [2.75, 3.05) is 0 Å². The van der Waals surface area contributed by atoms with Crippen molar-refractivity contribution < 1.29 is 14.6 Å². The van der Waals surface area contributed by atoms with E-state index in [4.69, 9.17) is 4.74 Å². The fourth-order valence-corrected chi connectivity index (χ4v) is 3.99. The summed E-state index contributed by atoms with van der Waals surface area (Å²) in [6.07, 6.45) is 10.3. The molecule has 0 fully saturated rings. The molecule has 2 atom stereocenters. The Morgan fingerprint density at radius 3 is 2.41 bits per heavy atom. The fourth-order valence-electron chi connectivity index (χ4n) is 3.99. The minimum absolute atomic E-state index is 0.0535. The Kier molecular flexibility index (Phi) is 10.5. The Hall–Kier alpha value is -1.51. The van der Waals surface area contributed by atoms with Gasteiger partial charge in [0.25, 0.3) is 0 Å². The second-order valence-electron chi connectivity index (χ2n) is 8.82. The summed E-state index contributed by atoms with van der Waals surface area (Å²) in [6, 6.07) is 6.83. The molecule has 0 aliphatic carbocycles. The molecule has 0 aliphatic rings. The molecule has 3 nitrogen and oxygen atoms in total. The Bertz CT molecular complexity index is 550. The molecular weight excluding hydrogens is 336 g/mol. The van der Waals surface area contributed by atoms with Crippen LogP contribution in [0.25, 0.3) is 0 Å². The maximum absolute atomic E-state index is 11.4. The fraction of sp³-hybridized carbons (Fsp3) is 0.708. The molecule has 0 bridgehead atoms. The van der Waals surface area contributed by atoms with Crippen LogP contribution in [0, 0.1) is 11.3 Å². The third-order valence-corrected chi connectivity index (χ3v) is 5.36. The van der Waals surface area contributed by atoms with Crippen molar-refractivity contribution in [3.63, 3.8) is 0 Å². The number of carbonyl (C=O) groups excluding carboxylic acids is 1. The number of ether oxygens (including phenoxy) is 1. The van der Waals surface area contributed by atoms with Gasteiger partial charge in [0.1, 0.15) is 5.75 Å². The second-order valence-corrected chi connectivity index (χ2v) is 8.82. The molecule has 0 saturated heterocycles. The maximum Gasteiger partial charge on any atom is 0.128 e. The molecule has 1 rings (SSSR count). The number of unbranched alkanes of at least 4 members (excludes halogenated alkanes) is 2. The standard InChI is InChI=1S/C24H40O3/c1-6-8-9-13-20(16-17-24(4,5)18-19(3)12-7-2)27-22-15-11-10-14-21(22)23(25)26/h10-11,14-15,19-20H,6-9,12-13,16-18H2,1-5H3,(H,25,26)/p-1. The highest BCUT2D eigenvalue weighted by molar-refractivity contribution is 5.89. The first kappa shape index (κ1) is 23.5. The number of hydrogen-bond acceptors (Lipinski definition) is 3. The summed E-state index contributed by atoms with van der Waals surface area (Å²) in [7, 11) is 0. The number of carbonyl (C=O) groups is 1. The van der Waals surface area contributed by atoms with E-state index in [1.54, 1.807) is 18.2 Å². The van der Waals surface area contributed by atoms with Gasteiger partial charge in [-0.3, -0.25) is 0 Å². The molecule has 0 N–H and O–H groups in total. The number of carboxylic acids is 1. The number of aromatic carboxylic acids is 1. The van der Waals surface area contributed by atoms with E-state index in [0.717, 1.165) is 31.6 Å². The van der Waals surface area contributed by atoms with E-state index in [9.17, 15) is 9.90 Å². The van der Waals surface area contributed by atoms with Crippen molar-refractivity contribution in [1.82, 2.24) is 0 Å². The Morgan fingerprint density at radius 1 is 1.07 bits per heavy atom. The number of carboxylic acid groups (broad SMARTS) is 1. The quantitative estimate of drug-likeness (QED) is 0.374. The van der Waals surface area contributed by atoms with Gasteiger partial charge in [-0.05, 0) is 55.6 Å². The van der Waals surface area contributed by atoms with Crippen molar-refractivity contribution in [2.24, 2.45) is 11.3 Å². The Labute approximate surface area is 166 Å². The van der Waals surface area contributed by atoms with Crippen LogP contribution < -0.4 is 9.84 Å². The van der Waals surface area contributed by atoms with Gasteiger partial charge in [-0.2, -0.15) is 0 Å². The lowest BCUT2D eigenvalue weighted by Gasteiger charge is -2.30. The maximum atomic E-state index is 11.4. The Balaban J connectivity index is 2.75. The van der Waals surface area contributed by atoms with E-state index < -0.39 is 5.97 Å². The third-order valence-electron chi connectivity index (χ3n) is 5.36. The second kappa shape index (κ2) is 12.0. The summed E-state index contributed by atoms with van der Waals surface area (Å²) >= 11 is 0. The van der Waals surface area contributed by atoms with Crippen LogP contribution in [-0.2, 0) is 0 Å². The van der Waals surface area contributed by atoms with E-state index in [-0.39, 0.29) is 17.1 Å². The van der Waals surface area contributed by atoms with Gasteiger partial charge in [-0.1, -0.05) is 72.4 Å². The molecule has 0 radical (unpaired) electrons. The summed E-state index contributed by atoms with van der Waals surface area (Å²) in [5.74, 6) is 0.00561. The van der Waals surface area contributed by atoms with Crippen molar-refractivity contribution in [1.29, 1.82) is 0 Å². The number of para-hydroxylation sites is 1. The van der Waals surface area contributed by atoms with Crippen LogP contribution in [-0.4, -0.2) is 12.1 Å². The molecule has 0 aromatic heterocycles. The largest absolute Gasteiger partial charge is 0.545 e. The van der Waals surface area contributed by atoms with Gasteiger partial charge in [-0.15, -0.1) is 0 Å². The van der Waals surface area contributed by atoms with Crippen LogP contribution in [0.3, 0.4) is 0 Å². The van der Waals surface area contributed by atoms with Crippen LogP contribution in [0.5, 0.6) is 5.75 Å². The van der Waals surface area contributed by atoms with Crippen LogP contribution in [0.4, 0.5) is 0 Å². The lowest BCUT2D eigenvalue weighted by atomic mass is 9.78. The van der Waals surface area contributed by atoms with Crippen LogP contribution >= 0.6 is 0 Å². The highest BCUT2D eigenvalue weighted by Crippen LogP contribution is 2.34. The zero-order chi connectivity index (χ0) is 20.3. The molecule has 3 heteroatoms. The van der Waals surface area contributed by atoms with Gasteiger partial charge in [0, 0.05) is 5.56 Å². The zero-order valence-corrected chi connectivity index (χ0v) is 18.1. The van der Waals surface area contributed by atoms with Gasteiger partial charge in [0.15, 0.2) is 0 Å². The summed E-state index contributed by atoms with van der Waals surface area (Å²) < 4.78 is 6.18. The average Bonchev–Trinajstić information content (AvgIpc) is 2.59. The van der Waals surface area contributed by atoms with Gasteiger partial charge in [-0.25, -0.2) is 0 Å². The van der Waals surface area contributed by atoms with Gasteiger partial charge < -0.3 is 14.6 Å². The first-order chi connectivity index (χ1) is 12.8. The van der Waals surface area contributed by atoms with Crippen molar-refractivity contribution in [3.05, 3.63) is 29.8 Å². The van der Waals surface area contributed by atoms with Crippen molar-refractivity contribution in [2.45, 2.75) is 98.5 Å². The smallest absolute Gasteiger partial charge is 0.128 e.